The second-order valence-corrected chi connectivity index (χ2v) is 7.38. The molecule has 1 amide bonds. The highest BCUT2D eigenvalue weighted by molar-refractivity contribution is 6.33. The number of hydrogen-bond donors (Lipinski definition) is 1. The zero-order valence-electron chi connectivity index (χ0n) is 15.1. The van der Waals surface area contributed by atoms with Crippen LogP contribution in [0, 0.1) is 11.7 Å². The molecule has 5 rings (SSSR count). The van der Waals surface area contributed by atoms with Gasteiger partial charge < -0.3 is 5.32 Å². The summed E-state index contributed by atoms with van der Waals surface area (Å²) in [5.74, 6) is -0.418. The minimum absolute atomic E-state index is 0.0354. The summed E-state index contributed by atoms with van der Waals surface area (Å²) < 4.78 is 15.9. The van der Waals surface area contributed by atoms with Crippen molar-refractivity contribution in [2.24, 2.45) is 5.92 Å². The zero-order valence-corrected chi connectivity index (χ0v) is 15.9. The molecule has 3 heterocycles. The quantitative estimate of drug-likeness (QED) is 0.535. The molecule has 1 aliphatic carbocycles. The van der Waals surface area contributed by atoms with E-state index in [0.29, 0.717) is 22.1 Å². The Labute approximate surface area is 170 Å². The summed E-state index contributed by atoms with van der Waals surface area (Å²) in [5.41, 5.74) is 2.59. The lowest BCUT2D eigenvalue weighted by molar-refractivity contribution is -0.117. The van der Waals surface area contributed by atoms with Crippen molar-refractivity contribution in [3.63, 3.8) is 0 Å². The molecule has 144 valence electrons. The summed E-state index contributed by atoms with van der Waals surface area (Å²) >= 11 is 6.22. The first kappa shape index (κ1) is 17.8. The van der Waals surface area contributed by atoms with Crippen LogP contribution in [0.2, 0.25) is 5.02 Å². The largest absolute Gasteiger partial charge is 0.326 e. The Bertz CT molecular complexity index is 1250. The molecule has 3 aromatic heterocycles. The lowest BCUT2D eigenvalue weighted by atomic mass is 10.1. The number of nitrogens with one attached hydrogen (secondary N) is 1. The third-order valence-electron chi connectivity index (χ3n) is 4.80. The van der Waals surface area contributed by atoms with Crippen LogP contribution < -0.4 is 5.32 Å². The number of halogens is 2. The van der Waals surface area contributed by atoms with E-state index >= 15 is 0 Å². The number of anilines is 1. The molecule has 8 heteroatoms. The topological polar surface area (TPSA) is 72.7 Å². The summed E-state index contributed by atoms with van der Waals surface area (Å²) in [6.45, 7) is 0. The van der Waals surface area contributed by atoms with Gasteiger partial charge in [-0.3, -0.25) is 9.78 Å². The van der Waals surface area contributed by atoms with E-state index in [1.165, 1.54) is 10.7 Å². The van der Waals surface area contributed by atoms with Gasteiger partial charge >= 0.3 is 0 Å². The first-order valence-electron chi connectivity index (χ1n) is 9.15. The number of pyridine rings is 2. The molecule has 1 saturated carbocycles. The van der Waals surface area contributed by atoms with Gasteiger partial charge in [0.2, 0.25) is 5.91 Å². The molecule has 0 radical (unpaired) electrons. The third kappa shape index (κ3) is 3.45. The van der Waals surface area contributed by atoms with Crippen LogP contribution in [0.5, 0.6) is 0 Å². The molecular weight excluding hydrogens is 393 g/mol. The Morgan fingerprint density at radius 3 is 2.86 bits per heavy atom. The van der Waals surface area contributed by atoms with Crippen LogP contribution in [0.1, 0.15) is 12.8 Å². The molecule has 1 aromatic carbocycles. The fourth-order valence-corrected chi connectivity index (χ4v) is 3.35. The van der Waals surface area contributed by atoms with Crippen LogP contribution in [0.3, 0.4) is 0 Å². The van der Waals surface area contributed by atoms with Crippen molar-refractivity contribution in [2.45, 2.75) is 12.8 Å². The number of hydrogen-bond acceptors (Lipinski definition) is 4. The minimum Gasteiger partial charge on any atom is -0.326 e. The van der Waals surface area contributed by atoms with Crippen molar-refractivity contribution in [3.05, 3.63) is 65.8 Å². The highest BCUT2D eigenvalue weighted by Crippen LogP contribution is 2.31. The van der Waals surface area contributed by atoms with Crippen molar-refractivity contribution < 1.29 is 9.18 Å². The van der Waals surface area contributed by atoms with E-state index < -0.39 is 5.82 Å². The number of carbonyl (C=O) groups is 1. The van der Waals surface area contributed by atoms with Gasteiger partial charge in [-0.05, 0) is 49.2 Å². The summed E-state index contributed by atoms with van der Waals surface area (Å²) in [6, 6.07) is 9.80. The number of aromatic nitrogens is 4. The summed E-state index contributed by atoms with van der Waals surface area (Å²) in [7, 11) is 0. The number of benzene rings is 1. The Balaban J connectivity index is 1.52. The van der Waals surface area contributed by atoms with Gasteiger partial charge in [0.1, 0.15) is 11.5 Å². The second-order valence-electron chi connectivity index (χ2n) is 6.97. The number of amides is 1. The molecule has 1 N–H and O–H groups in total. The molecule has 0 atom stereocenters. The normalized spacial score (nSPS) is 13.6. The van der Waals surface area contributed by atoms with E-state index in [0.717, 1.165) is 23.8 Å². The minimum atomic E-state index is -0.449. The number of nitrogens with zero attached hydrogens (tertiary/aromatic N) is 4. The van der Waals surface area contributed by atoms with Crippen LogP contribution in [0.15, 0.2) is 55.0 Å². The van der Waals surface area contributed by atoms with E-state index in [1.54, 1.807) is 42.9 Å². The molecule has 0 spiro atoms. The van der Waals surface area contributed by atoms with E-state index in [9.17, 15) is 9.18 Å². The smallest absolute Gasteiger partial charge is 0.227 e. The molecule has 0 unspecified atom stereocenters. The maximum atomic E-state index is 14.5. The van der Waals surface area contributed by atoms with Crippen LogP contribution in [-0.4, -0.2) is 25.7 Å². The monoisotopic (exact) mass is 407 g/mol. The molecule has 4 aromatic rings. The van der Waals surface area contributed by atoms with Crippen LogP contribution in [0.25, 0.3) is 28.0 Å². The molecular formula is C21H15ClFN5O. The molecule has 6 nitrogen and oxygen atoms in total. The zero-order chi connectivity index (χ0) is 20.0. The van der Waals surface area contributed by atoms with Crippen molar-refractivity contribution in [2.75, 3.05) is 5.32 Å². The highest BCUT2D eigenvalue weighted by Gasteiger charge is 2.29. The molecule has 0 aliphatic heterocycles. The predicted octanol–water partition coefficient (Wildman–Crippen LogP) is 4.62. The SMILES string of the molecule is O=C(Nc1ccc(F)c(-n2cc3cc(-c4ncccc4Cl)cnc3n2)c1)C1CC1. The van der Waals surface area contributed by atoms with Gasteiger partial charge in [-0.1, -0.05) is 11.6 Å². The number of rotatable bonds is 4. The van der Waals surface area contributed by atoms with Crippen LogP contribution in [0.4, 0.5) is 10.1 Å². The molecule has 1 aliphatic rings. The van der Waals surface area contributed by atoms with Gasteiger partial charge in [-0.2, -0.15) is 0 Å². The number of fused-ring (bicyclic) bond motifs is 1. The van der Waals surface area contributed by atoms with Gasteiger partial charge in [0.25, 0.3) is 0 Å². The Hall–Kier alpha value is -3.32. The van der Waals surface area contributed by atoms with Gasteiger partial charge in [0.15, 0.2) is 5.65 Å². The predicted molar refractivity (Wildman–Crippen MR) is 108 cm³/mol. The van der Waals surface area contributed by atoms with E-state index in [-0.39, 0.29) is 17.5 Å². The Morgan fingerprint density at radius 2 is 2.07 bits per heavy atom. The highest BCUT2D eigenvalue weighted by atomic mass is 35.5. The maximum Gasteiger partial charge on any atom is 0.227 e. The summed E-state index contributed by atoms with van der Waals surface area (Å²) in [6.07, 6.45) is 6.78. The van der Waals surface area contributed by atoms with Crippen molar-refractivity contribution >= 4 is 34.2 Å². The number of carbonyl (C=O) groups excluding carboxylic acids is 1. The van der Waals surface area contributed by atoms with Crippen LogP contribution >= 0.6 is 11.6 Å². The van der Waals surface area contributed by atoms with Gasteiger partial charge in [-0.25, -0.2) is 14.1 Å². The molecule has 0 saturated heterocycles. The lowest BCUT2D eigenvalue weighted by Gasteiger charge is -2.08. The Kier molecular flexibility index (Phi) is 4.24. The summed E-state index contributed by atoms with van der Waals surface area (Å²) in [4.78, 5) is 20.6. The van der Waals surface area contributed by atoms with E-state index in [2.05, 4.69) is 20.4 Å². The van der Waals surface area contributed by atoms with E-state index in [4.69, 9.17) is 11.6 Å². The first-order chi connectivity index (χ1) is 14.1. The Morgan fingerprint density at radius 1 is 1.21 bits per heavy atom. The van der Waals surface area contributed by atoms with Crippen molar-refractivity contribution in [1.29, 1.82) is 0 Å². The van der Waals surface area contributed by atoms with Gasteiger partial charge in [-0.15, -0.1) is 5.10 Å². The second kappa shape index (κ2) is 6.93. The fraction of sp³-hybridized carbons (Fsp3) is 0.143. The average Bonchev–Trinajstić information content (AvgIpc) is 3.49. The summed E-state index contributed by atoms with van der Waals surface area (Å²) in [5, 5.41) is 8.43. The average molecular weight is 408 g/mol. The van der Waals surface area contributed by atoms with Gasteiger partial charge in [0, 0.05) is 41.1 Å². The maximum absolute atomic E-state index is 14.5. The van der Waals surface area contributed by atoms with E-state index in [1.807, 2.05) is 6.07 Å². The van der Waals surface area contributed by atoms with Crippen molar-refractivity contribution in [1.82, 2.24) is 19.7 Å². The molecule has 29 heavy (non-hydrogen) atoms. The molecule has 0 bridgehead atoms. The standard InChI is InChI=1S/C21H15ClFN5O/c22-16-2-1-7-24-19(16)13-8-14-11-28(27-20(14)25-10-13)18-9-15(5-6-17(18)23)26-21(29)12-3-4-12/h1-2,5-12H,3-4H2,(H,26,29). The fourth-order valence-electron chi connectivity index (χ4n) is 3.12. The molecule has 1 fully saturated rings. The lowest BCUT2D eigenvalue weighted by Crippen LogP contribution is -2.13. The van der Waals surface area contributed by atoms with Gasteiger partial charge in [0.05, 0.1) is 10.7 Å². The van der Waals surface area contributed by atoms with Crippen molar-refractivity contribution in [3.8, 4) is 16.9 Å². The first-order valence-corrected chi connectivity index (χ1v) is 9.53. The third-order valence-corrected chi connectivity index (χ3v) is 5.10. The van der Waals surface area contributed by atoms with Crippen LogP contribution in [-0.2, 0) is 4.79 Å².